The lowest BCUT2D eigenvalue weighted by molar-refractivity contribution is 0.384. The van der Waals surface area contributed by atoms with Gasteiger partial charge >= 0.3 is 0 Å². The minimum absolute atomic E-state index is 0.266. The zero-order valence-corrected chi connectivity index (χ0v) is 15.8. The summed E-state index contributed by atoms with van der Waals surface area (Å²) in [5.74, 6) is 0.830. The number of rotatable bonds is 3. The Labute approximate surface area is 156 Å². The van der Waals surface area contributed by atoms with Crippen LogP contribution in [0.1, 0.15) is 5.69 Å². The third-order valence-corrected chi connectivity index (χ3v) is 6.65. The van der Waals surface area contributed by atoms with Crippen molar-refractivity contribution in [3.05, 3.63) is 53.4 Å². The van der Waals surface area contributed by atoms with Gasteiger partial charge in [0, 0.05) is 43.6 Å². The fourth-order valence-corrected chi connectivity index (χ4v) is 4.72. The first-order chi connectivity index (χ1) is 12.4. The summed E-state index contributed by atoms with van der Waals surface area (Å²) in [5.41, 5.74) is 1.85. The molecule has 136 valence electrons. The van der Waals surface area contributed by atoms with E-state index in [1.54, 1.807) is 35.0 Å². The third-order valence-electron chi connectivity index (χ3n) is 4.48. The van der Waals surface area contributed by atoms with Gasteiger partial charge in [0.05, 0.1) is 10.6 Å². The van der Waals surface area contributed by atoms with Crippen molar-refractivity contribution in [3.8, 4) is 0 Å². The highest BCUT2D eigenvalue weighted by molar-refractivity contribution is 7.89. The number of sulfonamides is 1. The molecule has 1 aromatic carbocycles. The van der Waals surface area contributed by atoms with Crippen LogP contribution in [-0.2, 0) is 10.0 Å². The first kappa shape index (κ1) is 17.3. The smallest absolute Gasteiger partial charge is 0.243 e. The number of fused-ring (bicyclic) bond motifs is 1. The summed E-state index contributed by atoms with van der Waals surface area (Å²) in [5, 5.41) is 4.92. The second kappa shape index (κ2) is 6.53. The van der Waals surface area contributed by atoms with Gasteiger partial charge in [0.25, 0.3) is 0 Å². The fraction of sp³-hybridized carbons (Fsp3) is 0.294. The Morgan fingerprint density at radius 3 is 2.46 bits per heavy atom. The molecular formula is C17H18ClN5O2S. The van der Waals surface area contributed by atoms with Crippen LogP contribution < -0.4 is 4.90 Å². The van der Waals surface area contributed by atoms with Gasteiger partial charge in [-0.05, 0) is 37.3 Å². The lowest BCUT2D eigenvalue weighted by Gasteiger charge is -2.34. The number of nitrogens with zero attached hydrogens (tertiary/aromatic N) is 5. The average Bonchev–Trinajstić information content (AvgIpc) is 3.02. The zero-order valence-electron chi connectivity index (χ0n) is 14.2. The van der Waals surface area contributed by atoms with Crippen LogP contribution in [0.15, 0.2) is 47.6 Å². The van der Waals surface area contributed by atoms with E-state index in [9.17, 15) is 8.42 Å². The van der Waals surface area contributed by atoms with Gasteiger partial charge in [-0.25, -0.2) is 17.9 Å². The van der Waals surface area contributed by atoms with E-state index in [2.05, 4.69) is 15.0 Å². The van der Waals surface area contributed by atoms with Crippen LogP contribution in [0, 0.1) is 6.92 Å². The van der Waals surface area contributed by atoms with E-state index in [0.29, 0.717) is 31.2 Å². The minimum atomic E-state index is -3.51. The molecule has 1 saturated heterocycles. The molecule has 4 rings (SSSR count). The van der Waals surface area contributed by atoms with E-state index in [4.69, 9.17) is 11.6 Å². The van der Waals surface area contributed by atoms with E-state index >= 15 is 0 Å². The summed E-state index contributed by atoms with van der Waals surface area (Å²) in [7, 11) is -3.51. The highest BCUT2D eigenvalue weighted by Crippen LogP contribution is 2.24. The molecule has 0 N–H and O–H groups in total. The van der Waals surface area contributed by atoms with Crippen LogP contribution in [0.5, 0.6) is 0 Å². The maximum Gasteiger partial charge on any atom is 0.243 e. The number of hydrogen-bond acceptors (Lipinski definition) is 5. The number of hydrogen-bond donors (Lipinski definition) is 0. The molecule has 0 aliphatic carbocycles. The highest BCUT2D eigenvalue weighted by atomic mass is 35.5. The van der Waals surface area contributed by atoms with Crippen molar-refractivity contribution in [2.24, 2.45) is 0 Å². The summed E-state index contributed by atoms with van der Waals surface area (Å²) in [6.45, 7) is 3.89. The Morgan fingerprint density at radius 1 is 1.08 bits per heavy atom. The molecule has 3 aromatic rings. The molecule has 0 spiro atoms. The Hall–Kier alpha value is -2.16. The minimum Gasteiger partial charge on any atom is -0.352 e. The number of aromatic nitrogens is 3. The van der Waals surface area contributed by atoms with Gasteiger partial charge in [0.15, 0.2) is 5.82 Å². The first-order valence-corrected chi connectivity index (χ1v) is 10.1. The van der Waals surface area contributed by atoms with Crippen molar-refractivity contribution in [3.63, 3.8) is 0 Å². The van der Waals surface area contributed by atoms with E-state index in [-0.39, 0.29) is 4.90 Å². The van der Waals surface area contributed by atoms with Crippen molar-refractivity contribution in [2.75, 3.05) is 31.1 Å². The Kier molecular flexibility index (Phi) is 4.34. The standard InChI is InChI=1S/C17H18ClN5O2S/c1-13-12-16-17(19-6-7-23(16)20-13)21-8-10-22(11-9-21)26(24,25)15-4-2-14(18)3-5-15/h2-7,12H,8-11H2,1H3. The van der Waals surface area contributed by atoms with E-state index in [1.165, 1.54) is 4.31 Å². The first-order valence-electron chi connectivity index (χ1n) is 8.27. The molecule has 0 bridgehead atoms. The molecule has 0 unspecified atom stereocenters. The van der Waals surface area contributed by atoms with E-state index in [1.807, 2.05) is 19.2 Å². The predicted octanol–water partition coefficient (Wildman–Crippen LogP) is 2.20. The molecule has 1 fully saturated rings. The van der Waals surface area contributed by atoms with Crippen molar-refractivity contribution in [1.29, 1.82) is 0 Å². The van der Waals surface area contributed by atoms with Crippen molar-refractivity contribution in [1.82, 2.24) is 18.9 Å². The van der Waals surface area contributed by atoms with Gasteiger partial charge in [0.2, 0.25) is 10.0 Å². The van der Waals surface area contributed by atoms with Crippen LogP contribution in [0.4, 0.5) is 5.82 Å². The van der Waals surface area contributed by atoms with Gasteiger partial charge < -0.3 is 4.90 Å². The number of halogens is 1. The molecule has 3 heterocycles. The summed E-state index contributed by atoms with van der Waals surface area (Å²) in [6, 6.07) is 8.26. The average molecular weight is 392 g/mol. The molecule has 7 nitrogen and oxygen atoms in total. The quantitative estimate of drug-likeness (QED) is 0.684. The number of aryl methyl sites for hydroxylation is 1. The van der Waals surface area contributed by atoms with E-state index < -0.39 is 10.0 Å². The second-order valence-corrected chi connectivity index (χ2v) is 8.59. The van der Waals surface area contributed by atoms with Gasteiger partial charge in [0.1, 0.15) is 5.52 Å². The molecule has 9 heteroatoms. The maximum atomic E-state index is 12.8. The molecule has 26 heavy (non-hydrogen) atoms. The number of benzene rings is 1. The highest BCUT2D eigenvalue weighted by Gasteiger charge is 2.29. The monoisotopic (exact) mass is 391 g/mol. The zero-order chi connectivity index (χ0) is 18.3. The number of piperazine rings is 1. The lowest BCUT2D eigenvalue weighted by atomic mass is 10.3. The third kappa shape index (κ3) is 3.04. The van der Waals surface area contributed by atoms with Crippen molar-refractivity contribution >= 4 is 33.0 Å². The molecule has 0 saturated carbocycles. The van der Waals surface area contributed by atoms with Gasteiger partial charge in [-0.2, -0.15) is 9.40 Å². The van der Waals surface area contributed by atoms with Gasteiger partial charge in [-0.3, -0.25) is 0 Å². The number of anilines is 1. The molecule has 0 atom stereocenters. The lowest BCUT2D eigenvalue weighted by Crippen LogP contribution is -2.49. The van der Waals surface area contributed by atoms with Gasteiger partial charge in [-0.1, -0.05) is 11.6 Å². The van der Waals surface area contributed by atoms with Gasteiger partial charge in [-0.15, -0.1) is 0 Å². The fourth-order valence-electron chi connectivity index (χ4n) is 3.17. The second-order valence-electron chi connectivity index (χ2n) is 6.21. The van der Waals surface area contributed by atoms with Crippen molar-refractivity contribution < 1.29 is 8.42 Å². The Morgan fingerprint density at radius 2 is 1.77 bits per heavy atom. The predicted molar refractivity (Wildman–Crippen MR) is 100 cm³/mol. The largest absolute Gasteiger partial charge is 0.352 e. The van der Waals surface area contributed by atoms with E-state index in [0.717, 1.165) is 17.0 Å². The molecule has 1 aliphatic heterocycles. The molecule has 2 aromatic heterocycles. The maximum absolute atomic E-state index is 12.8. The molecule has 0 amide bonds. The SMILES string of the molecule is Cc1cc2c(N3CCN(S(=O)(=O)c4ccc(Cl)cc4)CC3)nccn2n1. The van der Waals surface area contributed by atoms with Crippen LogP contribution in [0.2, 0.25) is 5.02 Å². The van der Waals surface area contributed by atoms with Crippen LogP contribution in [0.3, 0.4) is 0 Å². The molecular weight excluding hydrogens is 374 g/mol. The Bertz CT molecular complexity index is 1040. The van der Waals surface area contributed by atoms with Crippen molar-refractivity contribution in [2.45, 2.75) is 11.8 Å². The summed E-state index contributed by atoms with van der Waals surface area (Å²) in [6.07, 6.45) is 3.53. The normalized spacial score (nSPS) is 16.3. The van der Waals surface area contributed by atoms with Crippen LogP contribution in [-0.4, -0.2) is 53.5 Å². The molecule has 0 radical (unpaired) electrons. The summed E-state index contributed by atoms with van der Waals surface area (Å²) in [4.78, 5) is 6.85. The summed E-state index contributed by atoms with van der Waals surface area (Å²) >= 11 is 5.85. The Balaban J connectivity index is 1.54. The van der Waals surface area contributed by atoms with Crippen LogP contribution >= 0.6 is 11.6 Å². The summed E-state index contributed by atoms with van der Waals surface area (Å²) < 4.78 is 28.9. The topological polar surface area (TPSA) is 70.8 Å². The van der Waals surface area contributed by atoms with Crippen LogP contribution in [0.25, 0.3) is 5.52 Å². The molecule has 1 aliphatic rings.